The monoisotopic (exact) mass is 453 g/mol. The third-order valence-corrected chi connectivity index (χ3v) is 6.40. The number of fused-ring (bicyclic) bond motifs is 1. The standard InChI is InChI=1S/C22H20ClN5O2S/c1-15-7-10-17(11-8-15)31(29,30)27-25-21(18-12-9-16(2)13-19(18)23)14-28-22-6-4-3-5-20(22)24-26-28/h3-13,21H,14H2,1-2H3. The van der Waals surface area contributed by atoms with Crippen molar-refractivity contribution in [2.75, 3.05) is 0 Å². The van der Waals surface area contributed by atoms with E-state index in [1.807, 2.05) is 56.3 Å². The predicted molar refractivity (Wildman–Crippen MR) is 120 cm³/mol. The average Bonchev–Trinajstić information content (AvgIpc) is 3.15. The number of para-hydroxylation sites is 1. The Balaban J connectivity index is 1.73. The zero-order valence-electron chi connectivity index (χ0n) is 17.0. The van der Waals surface area contributed by atoms with Crippen LogP contribution in [0.3, 0.4) is 0 Å². The van der Waals surface area contributed by atoms with E-state index in [0.717, 1.165) is 22.2 Å². The van der Waals surface area contributed by atoms with Gasteiger partial charge in [-0.05, 0) is 55.3 Å². The molecule has 0 fully saturated rings. The molecule has 0 aliphatic rings. The Kier molecular flexibility index (Phi) is 5.84. The van der Waals surface area contributed by atoms with Crippen molar-refractivity contribution < 1.29 is 8.42 Å². The van der Waals surface area contributed by atoms with E-state index in [4.69, 9.17) is 11.6 Å². The van der Waals surface area contributed by atoms with Crippen LogP contribution in [0.2, 0.25) is 5.02 Å². The van der Waals surface area contributed by atoms with Crippen molar-refractivity contribution >= 4 is 32.7 Å². The smallest absolute Gasteiger partial charge is 0.242 e. The van der Waals surface area contributed by atoms with E-state index in [2.05, 4.69) is 19.9 Å². The van der Waals surface area contributed by atoms with E-state index in [-0.39, 0.29) is 11.4 Å². The second-order valence-electron chi connectivity index (χ2n) is 7.29. The van der Waals surface area contributed by atoms with Crippen molar-refractivity contribution in [1.82, 2.24) is 15.0 Å². The third kappa shape index (κ3) is 4.65. The highest BCUT2D eigenvalue weighted by molar-refractivity contribution is 7.90. The van der Waals surface area contributed by atoms with Crippen LogP contribution in [0.1, 0.15) is 22.7 Å². The topological polar surface area (TPSA) is 89.6 Å². The normalized spacial score (nSPS) is 13.1. The van der Waals surface area contributed by atoms with Crippen LogP contribution >= 0.6 is 11.6 Å². The maximum absolute atomic E-state index is 12.7. The fourth-order valence-corrected chi connectivity index (χ4v) is 4.37. The zero-order chi connectivity index (χ0) is 22.0. The van der Waals surface area contributed by atoms with Crippen molar-refractivity contribution in [3.05, 3.63) is 88.4 Å². The summed E-state index contributed by atoms with van der Waals surface area (Å²) in [4.78, 5) is 0.0850. The lowest BCUT2D eigenvalue weighted by molar-refractivity contribution is 0.513. The van der Waals surface area contributed by atoms with Crippen molar-refractivity contribution in [2.24, 2.45) is 9.63 Å². The first-order valence-electron chi connectivity index (χ1n) is 9.61. The SMILES string of the molecule is Cc1ccc(S(=O)(=O)N=NC(Cn2nnc3ccccc32)c2ccc(C)cc2Cl)cc1. The molecular weight excluding hydrogens is 434 g/mol. The number of aryl methyl sites for hydroxylation is 2. The minimum atomic E-state index is -3.95. The molecule has 1 aromatic heterocycles. The van der Waals surface area contributed by atoms with Gasteiger partial charge in [-0.3, -0.25) is 0 Å². The molecule has 31 heavy (non-hydrogen) atoms. The van der Waals surface area contributed by atoms with Crippen LogP contribution in [-0.2, 0) is 16.6 Å². The van der Waals surface area contributed by atoms with Crippen LogP contribution in [0.5, 0.6) is 0 Å². The number of hydrogen-bond donors (Lipinski definition) is 0. The fourth-order valence-electron chi connectivity index (χ4n) is 3.19. The number of aromatic nitrogens is 3. The molecule has 0 N–H and O–H groups in total. The van der Waals surface area contributed by atoms with Crippen LogP contribution in [0, 0.1) is 13.8 Å². The Labute approximate surface area is 185 Å². The Morgan fingerprint density at radius 2 is 1.71 bits per heavy atom. The molecule has 9 heteroatoms. The molecule has 1 unspecified atom stereocenters. The summed E-state index contributed by atoms with van der Waals surface area (Å²) in [5.74, 6) is 0. The molecule has 4 rings (SSSR count). The lowest BCUT2D eigenvalue weighted by atomic mass is 10.1. The van der Waals surface area contributed by atoms with Crippen LogP contribution in [0.25, 0.3) is 11.0 Å². The first-order valence-corrected chi connectivity index (χ1v) is 11.4. The minimum absolute atomic E-state index is 0.0850. The largest absolute Gasteiger partial charge is 0.299 e. The molecule has 3 aromatic carbocycles. The maximum Gasteiger partial charge on any atom is 0.299 e. The Morgan fingerprint density at radius 1 is 1.00 bits per heavy atom. The minimum Gasteiger partial charge on any atom is -0.242 e. The molecule has 4 aromatic rings. The number of nitrogens with zero attached hydrogens (tertiary/aromatic N) is 5. The third-order valence-electron chi connectivity index (χ3n) is 4.89. The first kappa shape index (κ1) is 21.1. The molecular formula is C22H20ClN5O2S. The van der Waals surface area contributed by atoms with Crippen LogP contribution in [-0.4, -0.2) is 23.4 Å². The van der Waals surface area contributed by atoms with Gasteiger partial charge in [-0.1, -0.05) is 63.3 Å². The summed E-state index contributed by atoms with van der Waals surface area (Å²) in [6, 6.07) is 18.9. The van der Waals surface area contributed by atoms with Crippen molar-refractivity contribution in [3.8, 4) is 0 Å². The van der Waals surface area contributed by atoms with Crippen molar-refractivity contribution in [3.63, 3.8) is 0 Å². The zero-order valence-corrected chi connectivity index (χ0v) is 18.5. The van der Waals surface area contributed by atoms with Crippen LogP contribution < -0.4 is 0 Å². The van der Waals surface area contributed by atoms with E-state index in [1.165, 1.54) is 12.1 Å². The highest BCUT2D eigenvalue weighted by Crippen LogP contribution is 2.30. The van der Waals surface area contributed by atoms with Gasteiger partial charge in [-0.2, -0.15) is 13.5 Å². The Bertz CT molecular complexity index is 1360. The van der Waals surface area contributed by atoms with Crippen LogP contribution in [0.15, 0.2) is 81.3 Å². The summed E-state index contributed by atoms with van der Waals surface area (Å²) < 4.78 is 30.8. The first-order chi connectivity index (χ1) is 14.8. The highest BCUT2D eigenvalue weighted by atomic mass is 35.5. The van der Waals surface area contributed by atoms with Crippen molar-refractivity contribution in [1.29, 1.82) is 0 Å². The molecule has 0 radical (unpaired) electrons. The van der Waals surface area contributed by atoms with Gasteiger partial charge in [-0.25, -0.2) is 4.68 Å². The van der Waals surface area contributed by atoms with Gasteiger partial charge >= 0.3 is 0 Å². The van der Waals surface area contributed by atoms with Gasteiger partial charge in [0.2, 0.25) is 0 Å². The molecule has 0 bridgehead atoms. The van der Waals surface area contributed by atoms with Gasteiger partial charge in [0.15, 0.2) is 0 Å². The van der Waals surface area contributed by atoms with Crippen molar-refractivity contribution in [2.45, 2.75) is 31.3 Å². The fraction of sp³-hybridized carbons (Fsp3) is 0.182. The van der Waals surface area contributed by atoms with Gasteiger partial charge in [0, 0.05) is 5.02 Å². The number of sulfonamides is 1. The van der Waals surface area contributed by atoms with E-state index in [1.54, 1.807) is 16.8 Å². The lowest BCUT2D eigenvalue weighted by Crippen LogP contribution is -2.10. The molecule has 158 valence electrons. The Morgan fingerprint density at radius 3 is 2.45 bits per heavy atom. The number of hydrogen-bond acceptors (Lipinski definition) is 5. The van der Waals surface area contributed by atoms with Gasteiger partial charge < -0.3 is 0 Å². The van der Waals surface area contributed by atoms with Gasteiger partial charge in [0.05, 0.1) is 17.0 Å². The quantitative estimate of drug-likeness (QED) is 0.371. The van der Waals surface area contributed by atoms with Gasteiger partial charge in [0.1, 0.15) is 11.6 Å². The second kappa shape index (κ2) is 8.56. The summed E-state index contributed by atoms with van der Waals surface area (Å²) in [7, 11) is -3.95. The van der Waals surface area contributed by atoms with E-state index in [9.17, 15) is 8.42 Å². The van der Waals surface area contributed by atoms with E-state index in [0.29, 0.717) is 10.6 Å². The van der Waals surface area contributed by atoms with Crippen LogP contribution in [0.4, 0.5) is 0 Å². The molecule has 1 atom stereocenters. The number of rotatable bonds is 6. The molecule has 0 amide bonds. The lowest BCUT2D eigenvalue weighted by Gasteiger charge is -2.14. The molecule has 1 heterocycles. The predicted octanol–water partition coefficient (Wildman–Crippen LogP) is 5.28. The maximum atomic E-state index is 12.7. The molecule has 0 aliphatic heterocycles. The van der Waals surface area contributed by atoms with Gasteiger partial charge in [-0.15, -0.1) is 5.10 Å². The molecule has 0 saturated carbocycles. The van der Waals surface area contributed by atoms with E-state index >= 15 is 0 Å². The molecule has 7 nitrogen and oxygen atoms in total. The summed E-state index contributed by atoms with van der Waals surface area (Å²) in [6.45, 7) is 4.05. The summed E-state index contributed by atoms with van der Waals surface area (Å²) in [5, 5.41) is 13.0. The Hall–Kier alpha value is -3.10. The summed E-state index contributed by atoms with van der Waals surface area (Å²) >= 11 is 6.47. The van der Waals surface area contributed by atoms with Gasteiger partial charge in [0.25, 0.3) is 10.0 Å². The molecule has 0 aliphatic carbocycles. The van der Waals surface area contributed by atoms with E-state index < -0.39 is 16.1 Å². The number of halogens is 1. The second-order valence-corrected chi connectivity index (χ2v) is 9.28. The highest BCUT2D eigenvalue weighted by Gasteiger charge is 2.20. The summed E-state index contributed by atoms with van der Waals surface area (Å²) in [5.41, 5.74) is 4.16. The average molecular weight is 454 g/mol. The molecule has 0 saturated heterocycles. The summed E-state index contributed by atoms with van der Waals surface area (Å²) in [6.07, 6.45) is 0. The molecule has 0 spiro atoms. The number of benzene rings is 3.